The molecule has 4 rings (SSSR count). The van der Waals surface area contributed by atoms with Gasteiger partial charge in [-0.1, -0.05) is 6.07 Å². The van der Waals surface area contributed by atoms with Gasteiger partial charge in [0.25, 0.3) is 0 Å². The van der Waals surface area contributed by atoms with Gasteiger partial charge in [-0.3, -0.25) is 4.40 Å². The van der Waals surface area contributed by atoms with Gasteiger partial charge in [-0.2, -0.15) is 0 Å². The third kappa shape index (κ3) is 2.44. The predicted octanol–water partition coefficient (Wildman–Crippen LogP) is 3.98. The van der Waals surface area contributed by atoms with E-state index in [1.807, 2.05) is 17.4 Å². The van der Waals surface area contributed by atoms with E-state index in [1.165, 1.54) is 11.1 Å². The molecule has 3 heterocycles. The lowest BCUT2D eigenvalue weighted by Gasteiger charge is -2.16. The van der Waals surface area contributed by atoms with Gasteiger partial charge < -0.3 is 5.32 Å². The molecule has 0 radical (unpaired) electrons. The maximum atomic E-state index is 14.3. The van der Waals surface area contributed by atoms with Gasteiger partial charge in [0, 0.05) is 12.1 Å². The van der Waals surface area contributed by atoms with Crippen molar-refractivity contribution in [2.24, 2.45) is 0 Å². The van der Waals surface area contributed by atoms with Crippen LogP contribution in [-0.2, 0) is 19.4 Å². The first-order chi connectivity index (χ1) is 11.6. The molecule has 2 aromatic heterocycles. The summed E-state index contributed by atoms with van der Waals surface area (Å²) in [5.41, 5.74) is 6.28. The van der Waals surface area contributed by atoms with Gasteiger partial charge in [-0.15, -0.1) is 10.2 Å². The van der Waals surface area contributed by atoms with Crippen molar-refractivity contribution in [2.45, 2.75) is 46.1 Å². The van der Waals surface area contributed by atoms with Crippen LogP contribution in [0.3, 0.4) is 0 Å². The fourth-order valence-corrected chi connectivity index (χ4v) is 3.67. The summed E-state index contributed by atoms with van der Waals surface area (Å²) in [6.45, 7) is 4.55. The lowest BCUT2D eigenvalue weighted by molar-refractivity contribution is 0.609. The highest BCUT2D eigenvalue weighted by atomic mass is 19.1. The third-order valence-corrected chi connectivity index (χ3v) is 5.06. The van der Waals surface area contributed by atoms with Crippen molar-refractivity contribution in [3.05, 3.63) is 58.2 Å². The number of aryl methyl sites for hydroxylation is 3. The first kappa shape index (κ1) is 15.1. The number of hydrogen-bond acceptors (Lipinski definition) is 3. The first-order valence-electron chi connectivity index (χ1n) is 8.48. The second-order valence-electron chi connectivity index (χ2n) is 6.60. The van der Waals surface area contributed by atoms with Crippen LogP contribution in [-0.4, -0.2) is 14.6 Å². The Bertz CT molecular complexity index is 913. The molecule has 0 saturated heterocycles. The van der Waals surface area contributed by atoms with Gasteiger partial charge in [0.2, 0.25) is 0 Å². The molecular formula is C19H21FN4. The summed E-state index contributed by atoms with van der Waals surface area (Å²) in [5, 5.41) is 11.7. The highest BCUT2D eigenvalue weighted by Crippen LogP contribution is 2.27. The Balaban J connectivity index is 1.84. The highest BCUT2D eigenvalue weighted by Gasteiger charge is 2.16. The summed E-state index contributed by atoms with van der Waals surface area (Å²) in [5.74, 6) is 0.836. The molecule has 0 fully saturated rings. The summed E-state index contributed by atoms with van der Waals surface area (Å²) in [7, 11) is 0. The summed E-state index contributed by atoms with van der Waals surface area (Å²) < 4.78 is 16.3. The van der Waals surface area contributed by atoms with Crippen molar-refractivity contribution >= 4 is 11.5 Å². The topological polar surface area (TPSA) is 42.2 Å². The Hall–Kier alpha value is -2.43. The molecule has 0 spiro atoms. The number of rotatable bonds is 0. The largest absolute Gasteiger partial charge is 0.367 e. The van der Waals surface area contributed by atoms with Crippen molar-refractivity contribution in [2.75, 3.05) is 5.32 Å². The molecule has 0 unspecified atom stereocenters. The number of nitrogens with zero attached hydrogens (tertiary/aromatic N) is 3. The van der Waals surface area contributed by atoms with Crippen LogP contribution in [0.25, 0.3) is 5.65 Å². The van der Waals surface area contributed by atoms with E-state index in [1.54, 1.807) is 12.4 Å². The lowest BCUT2D eigenvalue weighted by Crippen LogP contribution is -2.10. The number of pyridine rings is 1. The lowest BCUT2D eigenvalue weighted by atomic mass is 9.97. The van der Waals surface area contributed by atoms with E-state index < -0.39 is 0 Å². The SMILES string of the molecule is Cc1c2ccc(F)c1CNc1c(cc(C)c3nncn13)CCCC2. The van der Waals surface area contributed by atoms with Crippen LogP contribution >= 0.6 is 0 Å². The van der Waals surface area contributed by atoms with E-state index in [0.29, 0.717) is 6.54 Å². The fraction of sp³-hybridized carbons (Fsp3) is 0.368. The smallest absolute Gasteiger partial charge is 0.165 e. The Morgan fingerprint density at radius 1 is 1.12 bits per heavy atom. The first-order valence-corrected chi connectivity index (χ1v) is 8.48. The van der Waals surface area contributed by atoms with Crippen molar-refractivity contribution in [1.29, 1.82) is 0 Å². The van der Waals surface area contributed by atoms with E-state index in [-0.39, 0.29) is 5.82 Å². The van der Waals surface area contributed by atoms with Gasteiger partial charge in [-0.05, 0) is 73.9 Å². The third-order valence-electron chi connectivity index (χ3n) is 5.06. The van der Waals surface area contributed by atoms with E-state index in [0.717, 1.165) is 53.8 Å². The Kier molecular flexibility index (Phi) is 3.71. The monoisotopic (exact) mass is 324 g/mol. The molecule has 124 valence electrons. The molecule has 1 aromatic carbocycles. The zero-order valence-corrected chi connectivity index (χ0v) is 14.1. The highest BCUT2D eigenvalue weighted by molar-refractivity contribution is 5.59. The maximum absolute atomic E-state index is 14.3. The Labute approximate surface area is 140 Å². The van der Waals surface area contributed by atoms with Gasteiger partial charge in [0.1, 0.15) is 18.0 Å². The molecule has 1 aliphatic heterocycles. The number of aromatic nitrogens is 3. The molecule has 2 bridgehead atoms. The molecule has 24 heavy (non-hydrogen) atoms. The summed E-state index contributed by atoms with van der Waals surface area (Å²) in [4.78, 5) is 0. The Morgan fingerprint density at radius 3 is 2.75 bits per heavy atom. The quantitative estimate of drug-likeness (QED) is 0.680. The van der Waals surface area contributed by atoms with Crippen LogP contribution in [0.15, 0.2) is 24.5 Å². The van der Waals surface area contributed by atoms with Gasteiger partial charge in [0.15, 0.2) is 5.65 Å². The minimum atomic E-state index is -0.142. The van der Waals surface area contributed by atoms with Gasteiger partial charge >= 0.3 is 0 Å². The molecule has 0 atom stereocenters. The number of fused-ring (bicyclic) bond motifs is 5. The summed E-state index contributed by atoms with van der Waals surface area (Å²) in [6.07, 6.45) is 5.93. The molecule has 3 aromatic rings. The van der Waals surface area contributed by atoms with Crippen LogP contribution < -0.4 is 5.32 Å². The van der Waals surface area contributed by atoms with E-state index in [2.05, 4.69) is 28.5 Å². The average Bonchev–Trinajstić information content (AvgIpc) is 3.04. The summed E-state index contributed by atoms with van der Waals surface area (Å²) in [6, 6.07) is 5.71. The van der Waals surface area contributed by atoms with Crippen LogP contribution in [0, 0.1) is 19.7 Å². The molecule has 0 saturated carbocycles. The summed E-state index contributed by atoms with van der Waals surface area (Å²) >= 11 is 0. The number of benzene rings is 1. The number of nitrogens with one attached hydrogen (secondary N) is 1. The normalized spacial score (nSPS) is 14.8. The van der Waals surface area contributed by atoms with Crippen LogP contribution in [0.5, 0.6) is 0 Å². The van der Waals surface area contributed by atoms with Crippen LogP contribution in [0.2, 0.25) is 0 Å². The molecule has 0 amide bonds. The van der Waals surface area contributed by atoms with Gasteiger partial charge in [0.05, 0.1) is 0 Å². The second-order valence-corrected chi connectivity index (χ2v) is 6.60. The van der Waals surface area contributed by atoms with Crippen molar-refractivity contribution in [3.63, 3.8) is 0 Å². The maximum Gasteiger partial charge on any atom is 0.165 e. The molecule has 5 heteroatoms. The van der Waals surface area contributed by atoms with Gasteiger partial charge in [-0.25, -0.2) is 4.39 Å². The van der Waals surface area contributed by atoms with Crippen LogP contribution in [0.4, 0.5) is 10.2 Å². The van der Waals surface area contributed by atoms with Crippen molar-refractivity contribution < 1.29 is 4.39 Å². The zero-order valence-electron chi connectivity index (χ0n) is 14.1. The van der Waals surface area contributed by atoms with E-state index in [9.17, 15) is 4.39 Å². The minimum Gasteiger partial charge on any atom is -0.367 e. The molecule has 0 aliphatic carbocycles. The molecule has 1 N–H and O–H groups in total. The standard InChI is InChI=1S/C19H21FN4/c1-12-9-15-6-4-3-5-14-7-8-17(20)16(13(14)2)10-21-19(15)24-11-22-23-18(12)24/h7-9,11,21H,3-6,10H2,1-2H3. The molecular weight excluding hydrogens is 303 g/mol. The number of hydrogen-bond donors (Lipinski definition) is 1. The van der Waals surface area contributed by atoms with Crippen molar-refractivity contribution in [1.82, 2.24) is 14.6 Å². The Morgan fingerprint density at radius 2 is 1.92 bits per heavy atom. The van der Waals surface area contributed by atoms with E-state index in [4.69, 9.17) is 0 Å². The fourth-order valence-electron chi connectivity index (χ4n) is 3.67. The van der Waals surface area contributed by atoms with Crippen molar-refractivity contribution in [3.8, 4) is 0 Å². The minimum absolute atomic E-state index is 0.142. The molecule has 4 nitrogen and oxygen atoms in total. The average molecular weight is 324 g/mol. The van der Waals surface area contributed by atoms with Crippen LogP contribution in [0.1, 0.15) is 40.7 Å². The number of anilines is 1. The predicted molar refractivity (Wildman–Crippen MR) is 92.8 cm³/mol. The molecule has 1 aliphatic rings. The number of halogens is 1. The second kappa shape index (κ2) is 5.89. The zero-order chi connectivity index (χ0) is 16.7. The van der Waals surface area contributed by atoms with E-state index >= 15 is 0 Å².